The summed E-state index contributed by atoms with van der Waals surface area (Å²) in [6, 6.07) is 6.18. The Bertz CT molecular complexity index is 647. The van der Waals surface area contributed by atoms with Crippen LogP contribution in [0.2, 0.25) is 10.0 Å². The van der Waals surface area contributed by atoms with Gasteiger partial charge in [0, 0.05) is 27.4 Å². The average Bonchev–Trinajstić information content (AvgIpc) is 2.41. The van der Waals surface area contributed by atoms with Gasteiger partial charge in [-0.05, 0) is 24.3 Å². The zero-order valence-corrected chi connectivity index (χ0v) is 11.3. The topological polar surface area (TPSA) is 39.2 Å². The molecule has 0 unspecified atom stereocenters. The number of methoxy groups -OCH3 is 1. The lowest BCUT2D eigenvalue weighted by atomic mass is 10.1. The molecule has 6 heteroatoms. The molecule has 2 aromatic rings. The minimum Gasteiger partial charge on any atom is -0.465 e. The SMILES string of the molecule is COC(=O)c1cc(-c2cc(Cl)ccc2Cl)cnc1F. The molecule has 0 radical (unpaired) electrons. The lowest BCUT2D eigenvalue weighted by Crippen LogP contribution is -2.06. The molecule has 0 aliphatic carbocycles. The molecule has 1 aromatic heterocycles. The Morgan fingerprint density at radius 3 is 2.74 bits per heavy atom. The number of aromatic nitrogens is 1. The van der Waals surface area contributed by atoms with Gasteiger partial charge in [-0.3, -0.25) is 0 Å². The van der Waals surface area contributed by atoms with Crippen molar-refractivity contribution in [3.05, 3.63) is 52.0 Å². The van der Waals surface area contributed by atoms with Gasteiger partial charge in [0.25, 0.3) is 0 Å². The van der Waals surface area contributed by atoms with Crippen LogP contribution in [-0.2, 0) is 4.74 Å². The Labute approximate surface area is 118 Å². The van der Waals surface area contributed by atoms with Crippen LogP contribution in [0.1, 0.15) is 10.4 Å². The monoisotopic (exact) mass is 299 g/mol. The highest BCUT2D eigenvalue weighted by Gasteiger charge is 2.16. The zero-order chi connectivity index (χ0) is 14.0. The molecule has 3 nitrogen and oxygen atoms in total. The summed E-state index contributed by atoms with van der Waals surface area (Å²) >= 11 is 11.9. The molecule has 0 saturated carbocycles. The van der Waals surface area contributed by atoms with E-state index in [2.05, 4.69) is 9.72 Å². The third kappa shape index (κ3) is 2.85. The van der Waals surface area contributed by atoms with Gasteiger partial charge in [0.05, 0.1) is 7.11 Å². The van der Waals surface area contributed by atoms with E-state index in [1.165, 1.54) is 19.4 Å². The van der Waals surface area contributed by atoms with Crippen molar-refractivity contribution in [2.75, 3.05) is 7.11 Å². The molecular weight excluding hydrogens is 292 g/mol. The number of benzene rings is 1. The molecule has 0 aliphatic heterocycles. The van der Waals surface area contributed by atoms with Crippen LogP contribution in [0.5, 0.6) is 0 Å². The first-order chi connectivity index (χ1) is 9.02. The maximum Gasteiger partial charge on any atom is 0.342 e. The number of nitrogens with zero attached hydrogens (tertiary/aromatic N) is 1. The van der Waals surface area contributed by atoms with Crippen LogP contribution in [0, 0.1) is 5.95 Å². The summed E-state index contributed by atoms with van der Waals surface area (Å²) in [5, 5.41) is 0.900. The van der Waals surface area contributed by atoms with Crippen molar-refractivity contribution in [3.63, 3.8) is 0 Å². The highest BCUT2D eigenvalue weighted by Crippen LogP contribution is 2.31. The van der Waals surface area contributed by atoms with Crippen molar-refractivity contribution in [3.8, 4) is 11.1 Å². The number of ether oxygens (including phenoxy) is 1. The maximum absolute atomic E-state index is 13.4. The van der Waals surface area contributed by atoms with Gasteiger partial charge >= 0.3 is 5.97 Å². The molecule has 0 spiro atoms. The minimum absolute atomic E-state index is 0.254. The van der Waals surface area contributed by atoms with Crippen molar-refractivity contribution in [1.29, 1.82) is 0 Å². The Hall–Kier alpha value is -1.65. The fourth-order valence-electron chi connectivity index (χ4n) is 1.57. The first-order valence-corrected chi connectivity index (χ1v) is 5.98. The van der Waals surface area contributed by atoms with Crippen molar-refractivity contribution in [2.45, 2.75) is 0 Å². The standard InChI is InChI=1S/C13H8Cl2FNO2/c1-19-13(18)10-4-7(6-17-12(10)16)9-5-8(14)2-3-11(9)15/h2-6H,1H3. The Morgan fingerprint density at radius 1 is 1.32 bits per heavy atom. The van der Waals surface area contributed by atoms with E-state index in [0.29, 0.717) is 21.2 Å². The number of rotatable bonds is 2. The van der Waals surface area contributed by atoms with Crippen LogP contribution in [0.3, 0.4) is 0 Å². The van der Waals surface area contributed by atoms with Gasteiger partial charge < -0.3 is 4.74 Å². The van der Waals surface area contributed by atoms with E-state index in [9.17, 15) is 9.18 Å². The van der Waals surface area contributed by atoms with Crippen molar-refractivity contribution in [1.82, 2.24) is 4.98 Å². The second-order valence-corrected chi connectivity index (χ2v) is 4.52. The molecule has 0 aliphatic rings. The molecule has 0 bridgehead atoms. The minimum atomic E-state index is -0.895. The van der Waals surface area contributed by atoms with Crippen LogP contribution in [-0.4, -0.2) is 18.1 Å². The Kier molecular flexibility index (Phi) is 4.02. The quantitative estimate of drug-likeness (QED) is 0.622. The first-order valence-electron chi connectivity index (χ1n) is 5.22. The molecule has 0 atom stereocenters. The summed E-state index contributed by atoms with van der Waals surface area (Å²) in [5.74, 6) is -1.70. The van der Waals surface area contributed by atoms with Crippen LogP contribution < -0.4 is 0 Å². The van der Waals surface area contributed by atoms with Gasteiger partial charge in [0.1, 0.15) is 5.56 Å². The number of carbonyl (C=O) groups is 1. The van der Waals surface area contributed by atoms with Crippen molar-refractivity contribution < 1.29 is 13.9 Å². The third-order valence-corrected chi connectivity index (χ3v) is 3.05. The third-order valence-electron chi connectivity index (χ3n) is 2.48. The normalized spacial score (nSPS) is 10.3. The lowest BCUT2D eigenvalue weighted by molar-refractivity contribution is 0.0594. The number of esters is 1. The molecule has 0 amide bonds. The number of hydrogen-bond acceptors (Lipinski definition) is 3. The second kappa shape index (κ2) is 5.55. The molecule has 0 fully saturated rings. The molecule has 98 valence electrons. The van der Waals surface area contributed by atoms with Crippen LogP contribution in [0.4, 0.5) is 4.39 Å². The van der Waals surface area contributed by atoms with Gasteiger partial charge in [0.2, 0.25) is 5.95 Å². The smallest absolute Gasteiger partial charge is 0.342 e. The summed E-state index contributed by atoms with van der Waals surface area (Å²) in [6.45, 7) is 0. The molecule has 0 N–H and O–H groups in total. The second-order valence-electron chi connectivity index (χ2n) is 3.68. The average molecular weight is 300 g/mol. The van der Waals surface area contributed by atoms with Crippen molar-refractivity contribution in [2.24, 2.45) is 0 Å². The lowest BCUT2D eigenvalue weighted by Gasteiger charge is -2.07. The molecule has 19 heavy (non-hydrogen) atoms. The van der Waals surface area contributed by atoms with E-state index in [-0.39, 0.29) is 5.56 Å². The summed E-state index contributed by atoms with van der Waals surface area (Å²) in [7, 11) is 1.17. The van der Waals surface area contributed by atoms with Crippen LogP contribution in [0.25, 0.3) is 11.1 Å². The summed E-state index contributed by atoms with van der Waals surface area (Å²) in [5.41, 5.74) is 0.789. The van der Waals surface area contributed by atoms with E-state index in [1.807, 2.05) is 0 Å². The predicted molar refractivity (Wildman–Crippen MR) is 71.0 cm³/mol. The van der Waals surface area contributed by atoms with Crippen LogP contribution >= 0.6 is 23.2 Å². The van der Waals surface area contributed by atoms with Gasteiger partial charge in [-0.1, -0.05) is 23.2 Å². The van der Waals surface area contributed by atoms with Gasteiger partial charge in [-0.25, -0.2) is 9.78 Å². The molecule has 1 heterocycles. The molecular formula is C13H8Cl2FNO2. The van der Waals surface area contributed by atoms with Gasteiger partial charge in [-0.15, -0.1) is 0 Å². The molecule has 2 rings (SSSR count). The summed E-state index contributed by atoms with van der Waals surface area (Å²) < 4.78 is 17.9. The molecule has 1 aromatic carbocycles. The van der Waals surface area contributed by atoms with E-state index >= 15 is 0 Å². The predicted octanol–water partition coefficient (Wildman–Crippen LogP) is 3.98. The highest BCUT2D eigenvalue weighted by molar-refractivity contribution is 6.35. The first kappa shape index (κ1) is 13.8. The van der Waals surface area contributed by atoms with Gasteiger partial charge in [-0.2, -0.15) is 4.39 Å². The number of pyridine rings is 1. The molecule has 0 saturated heterocycles. The Balaban J connectivity index is 2.57. The number of halogens is 3. The van der Waals surface area contributed by atoms with E-state index in [1.54, 1.807) is 18.2 Å². The fraction of sp³-hybridized carbons (Fsp3) is 0.0769. The Morgan fingerprint density at radius 2 is 2.05 bits per heavy atom. The van der Waals surface area contributed by atoms with E-state index in [4.69, 9.17) is 23.2 Å². The maximum atomic E-state index is 13.4. The summed E-state index contributed by atoms with van der Waals surface area (Å²) in [6.07, 6.45) is 1.28. The number of hydrogen-bond donors (Lipinski definition) is 0. The highest BCUT2D eigenvalue weighted by atomic mass is 35.5. The van der Waals surface area contributed by atoms with Gasteiger partial charge in [0.15, 0.2) is 0 Å². The van der Waals surface area contributed by atoms with Crippen molar-refractivity contribution >= 4 is 29.2 Å². The summed E-state index contributed by atoms with van der Waals surface area (Å²) in [4.78, 5) is 14.9. The zero-order valence-electron chi connectivity index (χ0n) is 9.78. The fourth-order valence-corrected chi connectivity index (χ4v) is 1.97. The number of carbonyl (C=O) groups excluding carboxylic acids is 1. The van der Waals surface area contributed by atoms with E-state index in [0.717, 1.165) is 0 Å². The largest absolute Gasteiger partial charge is 0.465 e. The van der Waals surface area contributed by atoms with Crippen LogP contribution in [0.15, 0.2) is 30.5 Å². The van der Waals surface area contributed by atoms with E-state index < -0.39 is 11.9 Å².